The van der Waals surface area contributed by atoms with E-state index in [-0.39, 0.29) is 17.7 Å². The van der Waals surface area contributed by atoms with E-state index < -0.39 is 0 Å². The van der Waals surface area contributed by atoms with Crippen molar-refractivity contribution in [2.75, 3.05) is 24.9 Å². The van der Waals surface area contributed by atoms with E-state index in [1.54, 1.807) is 26.4 Å². The first-order valence-corrected chi connectivity index (χ1v) is 11.2. The van der Waals surface area contributed by atoms with E-state index in [0.29, 0.717) is 11.5 Å². The number of benzene rings is 1. The van der Waals surface area contributed by atoms with Gasteiger partial charge in [-0.3, -0.25) is 10.1 Å². The predicted molar refractivity (Wildman–Crippen MR) is 128 cm³/mol. The number of ether oxygens (including phenoxy) is 2. The second kappa shape index (κ2) is 9.79. The average Bonchev–Trinajstić information content (AvgIpc) is 3.47. The van der Waals surface area contributed by atoms with Crippen LogP contribution in [0.4, 0.5) is 10.8 Å². The normalized spacial score (nSPS) is 11.6. The van der Waals surface area contributed by atoms with Gasteiger partial charge in [0.15, 0.2) is 17.3 Å². The molecule has 3 heterocycles. The van der Waals surface area contributed by atoms with Gasteiger partial charge in [-0.2, -0.15) is 0 Å². The van der Waals surface area contributed by atoms with Gasteiger partial charge < -0.3 is 19.2 Å². The van der Waals surface area contributed by atoms with Gasteiger partial charge in [-0.25, -0.2) is 4.98 Å². The quantitative estimate of drug-likeness (QED) is 0.372. The van der Waals surface area contributed by atoms with Crippen LogP contribution in [0.2, 0.25) is 0 Å². The predicted octanol–water partition coefficient (Wildman–Crippen LogP) is 5.24. The number of hydrogen-bond acceptors (Lipinski definition) is 6. The van der Waals surface area contributed by atoms with E-state index in [4.69, 9.17) is 13.9 Å². The minimum absolute atomic E-state index is 0.261. The Labute approximate surface area is 196 Å². The zero-order valence-corrected chi connectivity index (χ0v) is 19.7. The molecule has 4 rings (SSSR count). The lowest BCUT2D eigenvalue weighted by Crippen LogP contribution is -2.21. The van der Waals surface area contributed by atoms with Crippen LogP contribution in [0.1, 0.15) is 38.2 Å². The number of amides is 1. The van der Waals surface area contributed by atoms with Gasteiger partial charge in [0.05, 0.1) is 26.7 Å². The second-order valence-corrected chi connectivity index (χ2v) is 8.65. The second-order valence-electron chi connectivity index (χ2n) is 7.43. The first-order valence-electron chi connectivity index (χ1n) is 10.4. The summed E-state index contributed by atoms with van der Waals surface area (Å²) in [6, 6.07) is 14.7. The number of nitrogens with one attached hydrogen (secondary N) is 3. The van der Waals surface area contributed by atoms with Crippen molar-refractivity contribution in [2.24, 2.45) is 0 Å². The summed E-state index contributed by atoms with van der Waals surface area (Å²) in [5.41, 5.74) is 3.03. The van der Waals surface area contributed by atoms with E-state index >= 15 is 0 Å². The highest BCUT2D eigenvalue weighted by molar-refractivity contribution is 7.16. The molecule has 3 N–H and O–H groups in total. The van der Waals surface area contributed by atoms with E-state index in [0.717, 1.165) is 32.4 Å². The summed E-state index contributed by atoms with van der Waals surface area (Å²) < 4.78 is 16.3. The molecule has 4 aromatic rings. The topological polar surface area (TPSA) is 86.9 Å². The highest BCUT2D eigenvalue weighted by Crippen LogP contribution is 2.42. The van der Waals surface area contributed by atoms with Crippen LogP contribution >= 0.6 is 11.3 Å². The number of aromatic nitrogens is 1. The lowest BCUT2D eigenvalue weighted by molar-refractivity contribution is -0.361. The molecule has 7 nitrogen and oxygen atoms in total. The highest BCUT2D eigenvalue weighted by Gasteiger charge is 2.29. The summed E-state index contributed by atoms with van der Waals surface area (Å²) in [6.07, 6.45) is 3.35. The van der Waals surface area contributed by atoms with Crippen molar-refractivity contribution in [3.05, 3.63) is 88.3 Å². The third kappa shape index (κ3) is 4.70. The molecular weight excluding hydrogens is 438 g/mol. The number of pyridine rings is 1. The van der Waals surface area contributed by atoms with Crippen molar-refractivity contribution in [1.82, 2.24) is 0 Å². The molecule has 8 heteroatoms. The molecular formula is C25H26N3O4S+. The standard InChI is InChI=1S/C25H25N3O4S/c1-15-16(2)33-25(28-24(29)19-8-7-13-32-19)22(15)23(27-21-9-5-6-12-26-21)17-10-11-18(30-3)20(14-17)31-4/h5-14,23H,1-4H3,(H,26,27)(H,28,29)/p+1/t23-/m0/s1. The van der Waals surface area contributed by atoms with Gasteiger partial charge >= 0.3 is 0 Å². The molecule has 0 aliphatic carbocycles. The summed E-state index contributed by atoms with van der Waals surface area (Å²) in [6.45, 7) is 4.11. The fourth-order valence-corrected chi connectivity index (χ4v) is 4.74. The molecule has 0 aliphatic heterocycles. The average molecular weight is 465 g/mol. The summed E-state index contributed by atoms with van der Waals surface area (Å²) >= 11 is 1.54. The summed E-state index contributed by atoms with van der Waals surface area (Å²) in [5, 5.41) is 7.38. The van der Waals surface area contributed by atoms with Crippen LogP contribution < -0.4 is 25.1 Å². The van der Waals surface area contributed by atoms with Crippen molar-refractivity contribution in [3.63, 3.8) is 0 Å². The van der Waals surface area contributed by atoms with Crippen molar-refractivity contribution >= 4 is 28.1 Å². The molecule has 0 fully saturated rings. The number of aryl methyl sites for hydroxylation is 1. The van der Waals surface area contributed by atoms with E-state index in [9.17, 15) is 4.79 Å². The van der Waals surface area contributed by atoms with Gasteiger partial charge in [0.1, 0.15) is 11.0 Å². The van der Waals surface area contributed by atoms with Gasteiger partial charge in [0.2, 0.25) is 0 Å². The van der Waals surface area contributed by atoms with Gasteiger partial charge in [-0.15, -0.1) is 11.3 Å². The molecule has 0 saturated heterocycles. The van der Waals surface area contributed by atoms with Gasteiger partial charge in [-0.1, -0.05) is 12.1 Å². The third-order valence-corrected chi connectivity index (χ3v) is 6.58. The third-order valence-electron chi connectivity index (χ3n) is 5.44. The zero-order chi connectivity index (χ0) is 23.4. The van der Waals surface area contributed by atoms with Crippen LogP contribution in [0.25, 0.3) is 0 Å². The molecule has 0 radical (unpaired) electrons. The molecule has 170 valence electrons. The van der Waals surface area contributed by atoms with Gasteiger partial charge in [-0.05, 0) is 49.7 Å². The van der Waals surface area contributed by atoms with Crippen LogP contribution in [-0.4, -0.2) is 20.1 Å². The molecule has 33 heavy (non-hydrogen) atoms. The molecule has 1 amide bonds. The maximum absolute atomic E-state index is 12.8. The number of aromatic amines is 1. The number of H-pyrrole nitrogens is 1. The Balaban J connectivity index is 1.81. The number of carbonyl (C=O) groups excluding carboxylic acids is 1. The number of rotatable bonds is 8. The number of methoxy groups -OCH3 is 2. The van der Waals surface area contributed by atoms with Crippen molar-refractivity contribution in [3.8, 4) is 11.5 Å². The van der Waals surface area contributed by atoms with Crippen molar-refractivity contribution < 1.29 is 23.7 Å². The molecule has 0 aliphatic rings. The van der Waals surface area contributed by atoms with Crippen LogP contribution in [0.15, 0.2) is 65.4 Å². The number of anilines is 2. The molecule has 0 unspecified atom stereocenters. The van der Waals surface area contributed by atoms with E-state index in [1.807, 2.05) is 49.5 Å². The maximum Gasteiger partial charge on any atom is 0.291 e. The first-order chi connectivity index (χ1) is 16.0. The van der Waals surface area contributed by atoms with Crippen LogP contribution in [-0.2, 0) is 0 Å². The molecule has 3 aromatic heterocycles. The number of carbonyl (C=O) groups is 1. The first kappa shape index (κ1) is 22.4. The SMILES string of the molecule is COc1ccc([C@H](Nc2cccc[nH+]2)c2c(NC(=O)c3ccco3)sc(C)c2C)cc1OC. The Morgan fingerprint density at radius 1 is 1.06 bits per heavy atom. The van der Waals surface area contributed by atoms with Gasteiger partial charge in [0, 0.05) is 22.1 Å². The fraction of sp³-hybridized carbons (Fsp3) is 0.200. The summed E-state index contributed by atoms with van der Waals surface area (Å²) in [7, 11) is 3.23. The van der Waals surface area contributed by atoms with Crippen LogP contribution in [0, 0.1) is 13.8 Å². The minimum atomic E-state index is -0.292. The minimum Gasteiger partial charge on any atom is -0.493 e. The largest absolute Gasteiger partial charge is 0.493 e. The number of furan rings is 1. The van der Waals surface area contributed by atoms with E-state index in [2.05, 4.69) is 22.5 Å². The van der Waals surface area contributed by atoms with Crippen LogP contribution in [0.3, 0.4) is 0 Å². The zero-order valence-electron chi connectivity index (χ0n) is 18.9. The Bertz CT molecular complexity index is 1240. The van der Waals surface area contributed by atoms with Crippen LogP contribution in [0.5, 0.6) is 11.5 Å². The van der Waals surface area contributed by atoms with Gasteiger partial charge in [0.25, 0.3) is 11.7 Å². The molecule has 0 bridgehead atoms. The van der Waals surface area contributed by atoms with Crippen molar-refractivity contribution in [1.29, 1.82) is 0 Å². The Morgan fingerprint density at radius 2 is 1.88 bits per heavy atom. The fourth-order valence-electron chi connectivity index (χ4n) is 3.65. The Hall–Kier alpha value is -3.78. The molecule has 1 aromatic carbocycles. The Kier molecular flexibility index (Phi) is 6.65. The Morgan fingerprint density at radius 3 is 2.55 bits per heavy atom. The highest BCUT2D eigenvalue weighted by atomic mass is 32.1. The smallest absolute Gasteiger partial charge is 0.291 e. The molecule has 0 spiro atoms. The summed E-state index contributed by atoms with van der Waals surface area (Å²) in [4.78, 5) is 17.1. The lowest BCUT2D eigenvalue weighted by atomic mass is 9.96. The lowest BCUT2D eigenvalue weighted by Gasteiger charge is -2.19. The molecule has 1 atom stereocenters. The molecule has 0 saturated carbocycles. The van der Waals surface area contributed by atoms with E-state index in [1.165, 1.54) is 17.6 Å². The number of hydrogen-bond donors (Lipinski definition) is 2. The number of thiophene rings is 1. The summed E-state index contributed by atoms with van der Waals surface area (Å²) in [5.74, 6) is 2.08. The monoisotopic (exact) mass is 464 g/mol. The maximum atomic E-state index is 12.8. The van der Waals surface area contributed by atoms with Crippen molar-refractivity contribution in [2.45, 2.75) is 19.9 Å².